The highest BCUT2D eigenvalue weighted by molar-refractivity contribution is 7.98. The van der Waals surface area contributed by atoms with E-state index >= 15 is 0 Å². The summed E-state index contributed by atoms with van der Waals surface area (Å²) in [7, 11) is 0. The molecule has 1 N–H and O–H groups in total. The van der Waals surface area contributed by atoms with Crippen molar-refractivity contribution in [3.8, 4) is 0 Å². The molecule has 4 nitrogen and oxygen atoms in total. The zero-order chi connectivity index (χ0) is 14.7. The molecule has 0 spiro atoms. The fraction of sp³-hybridized carbons (Fsp3) is 0.533. The molecule has 2 atom stereocenters. The normalized spacial score (nSPS) is 22.9. The average molecular weight is 295 g/mol. The number of rotatable bonds is 3. The third-order valence-corrected chi connectivity index (χ3v) is 4.37. The molecule has 0 aromatic heterocycles. The van der Waals surface area contributed by atoms with Gasteiger partial charge in [0, 0.05) is 17.0 Å². The first-order chi connectivity index (χ1) is 9.56. The van der Waals surface area contributed by atoms with E-state index in [4.69, 9.17) is 4.74 Å². The van der Waals surface area contributed by atoms with Gasteiger partial charge in [0.25, 0.3) is 5.91 Å². The molecule has 0 bridgehead atoms. The zero-order valence-electron chi connectivity index (χ0n) is 12.1. The summed E-state index contributed by atoms with van der Waals surface area (Å²) in [4.78, 5) is 15.6. The van der Waals surface area contributed by atoms with Crippen molar-refractivity contribution in [1.82, 2.24) is 4.90 Å². The van der Waals surface area contributed by atoms with Gasteiger partial charge in [0.1, 0.15) is 0 Å². The molecule has 2 unspecified atom stereocenters. The SMILES string of the molecule is CSc1ccc(C)c(C(=O)N2CC(CO)OCC2C)c1. The minimum absolute atomic E-state index is 0.0210. The number of amides is 1. The average Bonchev–Trinajstić information content (AvgIpc) is 2.47. The second-order valence-corrected chi connectivity index (χ2v) is 6.00. The Hall–Kier alpha value is -1.04. The largest absolute Gasteiger partial charge is 0.394 e. The van der Waals surface area contributed by atoms with Crippen LogP contribution in [0.4, 0.5) is 0 Å². The Kier molecular flexibility index (Phi) is 5.07. The van der Waals surface area contributed by atoms with E-state index in [0.717, 1.165) is 16.0 Å². The highest BCUT2D eigenvalue weighted by Crippen LogP contribution is 2.22. The van der Waals surface area contributed by atoms with E-state index in [0.29, 0.717) is 13.2 Å². The molecule has 110 valence electrons. The molecule has 1 aromatic rings. The highest BCUT2D eigenvalue weighted by Gasteiger charge is 2.30. The molecule has 1 saturated heterocycles. The highest BCUT2D eigenvalue weighted by atomic mass is 32.2. The summed E-state index contributed by atoms with van der Waals surface area (Å²) in [5, 5.41) is 9.22. The summed E-state index contributed by atoms with van der Waals surface area (Å²) >= 11 is 1.63. The van der Waals surface area contributed by atoms with E-state index in [-0.39, 0.29) is 24.7 Å². The third kappa shape index (κ3) is 3.16. The molecule has 1 aliphatic heterocycles. The Balaban J connectivity index is 2.25. The van der Waals surface area contributed by atoms with E-state index < -0.39 is 0 Å². The van der Waals surface area contributed by atoms with E-state index in [1.807, 2.05) is 38.3 Å². The molecular weight excluding hydrogens is 274 g/mol. The number of hydrogen-bond donors (Lipinski definition) is 1. The second-order valence-electron chi connectivity index (χ2n) is 5.13. The fourth-order valence-corrected chi connectivity index (χ4v) is 2.76. The lowest BCUT2D eigenvalue weighted by atomic mass is 10.1. The number of ether oxygens (including phenoxy) is 1. The summed E-state index contributed by atoms with van der Waals surface area (Å²) < 4.78 is 5.48. The number of aryl methyl sites for hydroxylation is 1. The molecule has 5 heteroatoms. The summed E-state index contributed by atoms with van der Waals surface area (Å²) in [5.74, 6) is 0.0210. The Bertz CT molecular complexity index is 492. The van der Waals surface area contributed by atoms with Gasteiger partial charge in [0.15, 0.2) is 0 Å². The van der Waals surface area contributed by atoms with Crippen LogP contribution in [0.5, 0.6) is 0 Å². The van der Waals surface area contributed by atoms with Crippen LogP contribution in [0.2, 0.25) is 0 Å². The summed E-state index contributed by atoms with van der Waals surface area (Å²) in [6, 6.07) is 5.98. The monoisotopic (exact) mass is 295 g/mol. The van der Waals surface area contributed by atoms with Crippen LogP contribution in [0.3, 0.4) is 0 Å². The number of aliphatic hydroxyl groups is 1. The smallest absolute Gasteiger partial charge is 0.254 e. The van der Waals surface area contributed by atoms with Gasteiger partial charge in [0.05, 0.1) is 25.4 Å². The summed E-state index contributed by atoms with van der Waals surface area (Å²) in [5.41, 5.74) is 1.72. The third-order valence-electron chi connectivity index (χ3n) is 3.65. The number of hydrogen-bond acceptors (Lipinski definition) is 4. The number of carbonyl (C=O) groups is 1. The second kappa shape index (κ2) is 6.61. The minimum atomic E-state index is -0.279. The molecule has 1 aromatic carbocycles. The van der Waals surface area contributed by atoms with Gasteiger partial charge in [-0.2, -0.15) is 0 Å². The lowest BCUT2D eigenvalue weighted by Crippen LogP contribution is -2.52. The molecule has 2 rings (SSSR count). The van der Waals surface area contributed by atoms with Crippen molar-refractivity contribution in [2.24, 2.45) is 0 Å². The van der Waals surface area contributed by atoms with Gasteiger partial charge in [-0.05, 0) is 37.8 Å². The first-order valence-electron chi connectivity index (χ1n) is 6.75. The molecule has 0 saturated carbocycles. The van der Waals surface area contributed by atoms with Gasteiger partial charge in [-0.3, -0.25) is 4.79 Å². The Labute approximate surface area is 124 Å². The standard InChI is InChI=1S/C15H21NO3S/c1-10-4-5-13(20-3)6-14(10)15(18)16-7-12(8-17)19-9-11(16)2/h4-6,11-12,17H,7-9H2,1-3H3. The maximum atomic E-state index is 12.7. The van der Waals surface area contributed by atoms with Gasteiger partial charge in [-0.25, -0.2) is 0 Å². The van der Waals surface area contributed by atoms with Crippen molar-refractivity contribution in [3.63, 3.8) is 0 Å². The quantitative estimate of drug-likeness (QED) is 0.866. The zero-order valence-corrected chi connectivity index (χ0v) is 12.9. The lowest BCUT2D eigenvalue weighted by Gasteiger charge is -2.37. The molecule has 1 fully saturated rings. The molecule has 0 aliphatic carbocycles. The van der Waals surface area contributed by atoms with Gasteiger partial charge in [-0.1, -0.05) is 6.07 Å². The van der Waals surface area contributed by atoms with Gasteiger partial charge >= 0.3 is 0 Å². The first kappa shape index (κ1) is 15.4. The van der Waals surface area contributed by atoms with E-state index in [1.165, 1.54) is 0 Å². The number of nitrogens with zero attached hydrogens (tertiary/aromatic N) is 1. The number of carbonyl (C=O) groups excluding carboxylic acids is 1. The first-order valence-corrected chi connectivity index (χ1v) is 7.97. The maximum absolute atomic E-state index is 12.7. The van der Waals surface area contributed by atoms with Crippen LogP contribution in [-0.2, 0) is 4.74 Å². The van der Waals surface area contributed by atoms with Crippen molar-refractivity contribution >= 4 is 17.7 Å². The number of benzene rings is 1. The van der Waals surface area contributed by atoms with Crippen LogP contribution < -0.4 is 0 Å². The van der Waals surface area contributed by atoms with Crippen molar-refractivity contribution in [3.05, 3.63) is 29.3 Å². The molecule has 1 heterocycles. The topological polar surface area (TPSA) is 49.8 Å². The fourth-order valence-electron chi connectivity index (χ4n) is 2.32. The summed E-state index contributed by atoms with van der Waals surface area (Å²) in [6.07, 6.45) is 1.72. The van der Waals surface area contributed by atoms with Crippen LogP contribution >= 0.6 is 11.8 Å². The number of morpholine rings is 1. The van der Waals surface area contributed by atoms with Gasteiger partial charge in [0.2, 0.25) is 0 Å². The van der Waals surface area contributed by atoms with E-state index in [9.17, 15) is 9.90 Å². The van der Waals surface area contributed by atoms with Crippen LogP contribution in [0.1, 0.15) is 22.8 Å². The van der Waals surface area contributed by atoms with Crippen molar-refractivity contribution in [1.29, 1.82) is 0 Å². The maximum Gasteiger partial charge on any atom is 0.254 e. The predicted molar refractivity (Wildman–Crippen MR) is 80.3 cm³/mol. The van der Waals surface area contributed by atoms with Crippen molar-refractivity contribution < 1.29 is 14.6 Å². The van der Waals surface area contributed by atoms with Crippen LogP contribution in [-0.4, -0.2) is 54.1 Å². The lowest BCUT2D eigenvalue weighted by molar-refractivity contribution is -0.0667. The van der Waals surface area contributed by atoms with E-state index in [2.05, 4.69) is 0 Å². The molecule has 20 heavy (non-hydrogen) atoms. The van der Waals surface area contributed by atoms with Crippen molar-refractivity contribution in [2.75, 3.05) is 26.0 Å². The Morgan fingerprint density at radius 1 is 1.55 bits per heavy atom. The van der Waals surface area contributed by atoms with Crippen molar-refractivity contribution in [2.45, 2.75) is 30.9 Å². The van der Waals surface area contributed by atoms with E-state index in [1.54, 1.807) is 16.7 Å². The van der Waals surface area contributed by atoms with Crippen LogP contribution in [0.15, 0.2) is 23.1 Å². The molecule has 1 aliphatic rings. The molecule has 1 amide bonds. The molecular formula is C15H21NO3S. The Morgan fingerprint density at radius 3 is 2.95 bits per heavy atom. The van der Waals surface area contributed by atoms with Crippen LogP contribution in [0, 0.1) is 6.92 Å². The van der Waals surface area contributed by atoms with Crippen LogP contribution in [0.25, 0.3) is 0 Å². The minimum Gasteiger partial charge on any atom is -0.394 e. The number of thioether (sulfide) groups is 1. The van der Waals surface area contributed by atoms with Gasteiger partial charge in [-0.15, -0.1) is 11.8 Å². The summed E-state index contributed by atoms with van der Waals surface area (Å²) in [6.45, 7) is 4.78. The Morgan fingerprint density at radius 2 is 2.30 bits per heavy atom. The van der Waals surface area contributed by atoms with Gasteiger partial charge < -0.3 is 14.7 Å². The predicted octanol–water partition coefficient (Wildman–Crippen LogP) is 1.94. The molecule has 0 radical (unpaired) electrons. The number of aliphatic hydroxyl groups excluding tert-OH is 1.